The maximum atomic E-state index is 13.6. The van der Waals surface area contributed by atoms with Gasteiger partial charge in [-0.05, 0) is 36.4 Å². The van der Waals surface area contributed by atoms with Crippen LogP contribution in [0.15, 0.2) is 42.7 Å². The van der Waals surface area contributed by atoms with E-state index in [4.69, 9.17) is 9.47 Å². The summed E-state index contributed by atoms with van der Waals surface area (Å²) in [6.45, 7) is 0. The largest absolute Gasteiger partial charge is 0.493 e. The Labute approximate surface area is 136 Å². The number of hydrogen-bond donors (Lipinski definition) is 0. The lowest BCUT2D eigenvalue weighted by molar-refractivity contribution is 0.355. The highest BCUT2D eigenvalue weighted by molar-refractivity contribution is 5.91. The molecule has 0 unspecified atom stereocenters. The average Bonchev–Trinajstić information content (AvgIpc) is 3.05. The molecule has 0 aliphatic carbocycles. The third-order valence-corrected chi connectivity index (χ3v) is 3.78. The van der Waals surface area contributed by atoms with Gasteiger partial charge in [-0.2, -0.15) is 0 Å². The van der Waals surface area contributed by atoms with E-state index in [1.807, 2.05) is 6.07 Å². The lowest BCUT2D eigenvalue weighted by Crippen LogP contribution is -1.92. The van der Waals surface area contributed by atoms with Crippen LogP contribution >= 0.6 is 0 Å². The van der Waals surface area contributed by atoms with Crippen molar-refractivity contribution in [2.45, 2.75) is 0 Å². The number of nitrogens with zero attached hydrogens (tertiary/aromatic N) is 4. The molecule has 120 valence electrons. The van der Waals surface area contributed by atoms with Crippen LogP contribution in [0.1, 0.15) is 0 Å². The quantitative estimate of drug-likeness (QED) is 0.579. The molecule has 2 aromatic heterocycles. The molecular formula is C17H13FN4O2. The second kappa shape index (κ2) is 5.45. The molecule has 4 rings (SSSR count). The van der Waals surface area contributed by atoms with Crippen molar-refractivity contribution >= 4 is 16.6 Å². The highest BCUT2D eigenvalue weighted by Gasteiger charge is 2.13. The predicted octanol–water partition coefficient (Wildman–Crippen LogP) is 3.10. The molecule has 0 radical (unpaired) electrons. The van der Waals surface area contributed by atoms with E-state index >= 15 is 0 Å². The van der Waals surface area contributed by atoms with Gasteiger partial charge in [-0.15, -0.1) is 5.10 Å². The van der Waals surface area contributed by atoms with Crippen LogP contribution in [0.5, 0.6) is 11.5 Å². The Bertz CT molecular complexity index is 1060. The van der Waals surface area contributed by atoms with Gasteiger partial charge in [0.15, 0.2) is 23.0 Å². The van der Waals surface area contributed by atoms with Crippen LogP contribution < -0.4 is 9.47 Å². The van der Waals surface area contributed by atoms with Crippen LogP contribution in [-0.2, 0) is 0 Å². The number of benzene rings is 2. The molecule has 0 N–H and O–H groups in total. The Hall–Kier alpha value is -3.22. The van der Waals surface area contributed by atoms with Gasteiger partial charge in [-0.25, -0.2) is 18.9 Å². The van der Waals surface area contributed by atoms with Crippen molar-refractivity contribution in [3.63, 3.8) is 0 Å². The van der Waals surface area contributed by atoms with Gasteiger partial charge in [0, 0.05) is 10.9 Å². The van der Waals surface area contributed by atoms with Crippen molar-refractivity contribution in [3.05, 3.63) is 48.5 Å². The fraction of sp³-hybridized carbons (Fsp3) is 0.118. The van der Waals surface area contributed by atoms with E-state index in [0.717, 1.165) is 5.56 Å². The molecule has 0 spiro atoms. The summed E-state index contributed by atoms with van der Waals surface area (Å²) >= 11 is 0. The van der Waals surface area contributed by atoms with Gasteiger partial charge in [0.25, 0.3) is 0 Å². The minimum absolute atomic E-state index is 0.340. The molecule has 7 heteroatoms. The summed E-state index contributed by atoms with van der Waals surface area (Å²) in [6.07, 6.45) is 1.56. The number of rotatable bonds is 3. The van der Waals surface area contributed by atoms with Crippen LogP contribution in [-0.4, -0.2) is 33.8 Å². The maximum absolute atomic E-state index is 13.6. The molecule has 24 heavy (non-hydrogen) atoms. The molecule has 0 fully saturated rings. The molecule has 0 bridgehead atoms. The molecule has 2 aromatic carbocycles. The average molecular weight is 324 g/mol. The van der Waals surface area contributed by atoms with E-state index in [9.17, 15) is 4.39 Å². The first-order valence-electron chi connectivity index (χ1n) is 7.22. The van der Waals surface area contributed by atoms with Gasteiger partial charge in [0.05, 0.1) is 19.7 Å². The Morgan fingerprint density at radius 2 is 1.83 bits per heavy atom. The first-order valence-corrected chi connectivity index (χ1v) is 7.22. The summed E-state index contributed by atoms with van der Waals surface area (Å²) in [5.74, 6) is 1.37. The number of fused-ring (bicyclic) bond motifs is 3. The van der Waals surface area contributed by atoms with Crippen molar-refractivity contribution in [1.29, 1.82) is 0 Å². The standard InChI is InChI=1S/C17H13FN4O2/c1-23-14-6-3-10(7-15(14)24-2)16-20-17-12-8-11(18)4-5-13(12)19-9-22(17)21-16/h3-9H,1-2H3. The summed E-state index contributed by atoms with van der Waals surface area (Å²) in [4.78, 5) is 8.80. The number of aromatic nitrogens is 4. The molecular weight excluding hydrogens is 311 g/mol. The van der Waals surface area contributed by atoms with Gasteiger partial charge < -0.3 is 9.47 Å². The maximum Gasteiger partial charge on any atom is 0.182 e. The van der Waals surface area contributed by atoms with Crippen LogP contribution in [0.4, 0.5) is 4.39 Å². The molecule has 0 aliphatic rings. The van der Waals surface area contributed by atoms with E-state index in [-0.39, 0.29) is 5.82 Å². The molecule has 0 atom stereocenters. The number of halogens is 1. The van der Waals surface area contributed by atoms with Crippen molar-refractivity contribution in [2.75, 3.05) is 14.2 Å². The van der Waals surface area contributed by atoms with Crippen molar-refractivity contribution in [2.24, 2.45) is 0 Å². The number of methoxy groups -OCH3 is 2. The molecule has 0 amide bonds. The zero-order chi connectivity index (χ0) is 16.7. The van der Waals surface area contributed by atoms with Gasteiger partial charge in [-0.1, -0.05) is 0 Å². The smallest absolute Gasteiger partial charge is 0.182 e. The summed E-state index contributed by atoms with van der Waals surface area (Å²) in [5.41, 5.74) is 1.97. The first-order chi connectivity index (χ1) is 11.7. The van der Waals surface area contributed by atoms with Crippen molar-refractivity contribution in [3.8, 4) is 22.9 Å². The van der Waals surface area contributed by atoms with Gasteiger partial charge in [0.1, 0.15) is 12.1 Å². The molecule has 0 saturated heterocycles. The summed E-state index contributed by atoms with van der Waals surface area (Å²) in [5, 5.41) is 5.03. The Balaban J connectivity index is 1.92. The summed E-state index contributed by atoms with van der Waals surface area (Å²) < 4.78 is 25.6. The topological polar surface area (TPSA) is 61.5 Å². The number of ether oxygens (including phenoxy) is 2. The molecule has 0 aliphatic heterocycles. The van der Waals surface area contributed by atoms with E-state index in [0.29, 0.717) is 33.9 Å². The summed E-state index contributed by atoms with van der Waals surface area (Å²) in [6, 6.07) is 9.82. The Morgan fingerprint density at radius 1 is 1.00 bits per heavy atom. The Morgan fingerprint density at radius 3 is 2.62 bits per heavy atom. The molecule has 0 saturated carbocycles. The van der Waals surface area contributed by atoms with E-state index in [1.54, 1.807) is 38.7 Å². The van der Waals surface area contributed by atoms with Crippen LogP contribution in [0, 0.1) is 5.82 Å². The second-order valence-electron chi connectivity index (χ2n) is 5.18. The van der Waals surface area contributed by atoms with Crippen molar-refractivity contribution in [1.82, 2.24) is 19.6 Å². The molecule has 6 nitrogen and oxygen atoms in total. The van der Waals surface area contributed by atoms with E-state index < -0.39 is 0 Å². The minimum Gasteiger partial charge on any atom is -0.493 e. The third kappa shape index (κ3) is 2.21. The Kier molecular flexibility index (Phi) is 3.26. The molecule has 2 heterocycles. The minimum atomic E-state index is -0.340. The van der Waals surface area contributed by atoms with Gasteiger partial charge >= 0.3 is 0 Å². The fourth-order valence-corrected chi connectivity index (χ4v) is 2.60. The zero-order valence-electron chi connectivity index (χ0n) is 13.0. The van der Waals surface area contributed by atoms with E-state index in [2.05, 4.69) is 15.1 Å². The van der Waals surface area contributed by atoms with Crippen LogP contribution in [0.3, 0.4) is 0 Å². The monoisotopic (exact) mass is 324 g/mol. The lowest BCUT2D eigenvalue weighted by atomic mass is 10.2. The fourth-order valence-electron chi connectivity index (χ4n) is 2.60. The van der Waals surface area contributed by atoms with Crippen molar-refractivity contribution < 1.29 is 13.9 Å². The van der Waals surface area contributed by atoms with Gasteiger partial charge in [-0.3, -0.25) is 0 Å². The SMILES string of the molecule is COc1ccc(-c2nc3c4cc(F)ccc4ncn3n2)cc1OC. The highest BCUT2D eigenvalue weighted by atomic mass is 19.1. The van der Waals surface area contributed by atoms with Crippen LogP contribution in [0.2, 0.25) is 0 Å². The van der Waals surface area contributed by atoms with Crippen LogP contribution in [0.25, 0.3) is 27.9 Å². The molecule has 4 aromatic rings. The lowest BCUT2D eigenvalue weighted by Gasteiger charge is -2.07. The number of hydrogen-bond acceptors (Lipinski definition) is 5. The van der Waals surface area contributed by atoms with Gasteiger partial charge in [0.2, 0.25) is 0 Å². The first kappa shape index (κ1) is 14.4. The van der Waals surface area contributed by atoms with E-state index in [1.165, 1.54) is 16.6 Å². The highest BCUT2D eigenvalue weighted by Crippen LogP contribution is 2.31. The third-order valence-electron chi connectivity index (χ3n) is 3.78. The second-order valence-corrected chi connectivity index (χ2v) is 5.18. The zero-order valence-corrected chi connectivity index (χ0v) is 13.0. The summed E-state index contributed by atoms with van der Waals surface area (Å²) in [7, 11) is 3.14. The predicted molar refractivity (Wildman–Crippen MR) is 86.8 cm³/mol. The normalized spacial score (nSPS) is 11.1.